The SMILES string of the molecule is O=C(CCS(=O)(=O)Cc1ccccc1Cl)Nc1ccc(F)cc1. The molecule has 0 aliphatic heterocycles. The number of hydrogen-bond acceptors (Lipinski definition) is 3. The highest BCUT2D eigenvalue weighted by atomic mass is 35.5. The lowest BCUT2D eigenvalue weighted by molar-refractivity contribution is -0.115. The molecule has 1 N–H and O–H groups in total. The summed E-state index contributed by atoms with van der Waals surface area (Å²) in [5.74, 6) is -1.36. The number of halogens is 2. The van der Waals surface area contributed by atoms with Crippen molar-refractivity contribution in [2.45, 2.75) is 12.2 Å². The molecule has 0 atom stereocenters. The zero-order valence-electron chi connectivity index (χ0n) is 12.1. The lowest BCUT2D eigenvalue weighted by atomic mass is 10.2. The third-order valence-corrected chi connectivity index (χ3v) is 5.05. The minimum atomic E-state index is -3.46. The van der Waals surface area contributed by atoms with E-state index in [0.29, 0.717) is 16.3 Å². The number of carbonyl (C=O) groups is 1. The van der Waals surface area contributed by atoms with Crippen LogP contribution in [0.25, 0.3) is 0 Å². The molecule has 0 bridgehead atoms. The molecule has 0 aromatic heterocycles. The Kier molecular flexibility index (Phi) is 5.74. The maximum atomic E-state index is 12.8. The minimum absolute atomic E-state index is 0.176. The summed E-state index contributed by atoms with van der Waals surface area (Å²) in [6.07, 6.45) is -0.176. The lowest BCUT2D eigenvalue weighted by Gasteiger charge is -2.07. The predicted octanol–water partition coefficient (Wildman–Crippen LogP) is 3.42. The molecule has 0 saturated heterocycles. The molecular formula is C16H15ClFNO3S. The second-order valence-corrected chi connectivity index (χ2v) is 7.58. The highest BCUT2D eigenvalue weighted by Gasteiger charge is 2.16. The van der Waals surface area contributed by atoms with Crippen LogP contribution >= 0.6 is 11.6 Å². The Labute approximate surface area is 139 Å². The van der Waals surface area contributed by atoms with Gasteiger partial charge in [0.25, 0.3) is 0 Å². The first-order valence-corrected chi connectivity index (χ1v) is 9.05. The number of benzene rings is 2. The number of carbonyl (C=O) groups excluding carboxylic acids is 1. The van der Waals surface area contributed by atoms with Crippen LogP contribution in [0.5, 0.6) is 0 Å². The molecule has 0 spiro atoms. The van der Waals surface area contributed by atoms with E-state index in [-0.39, 0.29) is 17.9 Å². The molecule has 122 valence electrons. The third-order valence-electron chi connectivity index (χ3n) is 3.10. The van der Waals surface area contributed by atoms with Crippen LogP contribution in [0.4, 0.5) is 10.1 Å². The van der Waals surface area contributed by atoms with Crippen molar-refractivity contribution in [1.29, 1.82) is 0 Å². The summed E-state index contributed by atoms with van der Waals surface area (Å²) in [4.78, 5) is 11.8. The van der Waals surface area contributed by atoms with E-state index in [4.69, 9.17) is 11.6 Å². The van der Waals surface area contributed by atoms with Gasteiger partial charge in [0.2, 0.25) is 5.91 Å². The van der Waals surface area contributed by atoms with E-state index in [1.54, 1.807) is 24.3 Å². The zero-order valence-corrected chi connectivity index (χ0v) is 13.7. The molecule has 0 aliphatic carbocycles. The second kappa shape index (κ2) is 7.57. The van der Waals surface area contributed by atoms with Gasteiger partial charge in [-0.1, -0.05) is 29.8 Å². The van der Waals surface area contributed by atoms with Gasteiger partial charge in [0.05, 0.1) is 11.5 Å². The Hall–Kier alpha value is -1.92. The van der Waals surface area contributed by atoms with Crippen LogP contribution in [-0.2, 0) is 20.4 Å². The van der Waals surface area contributed by atoms with E-state index in [9.17, 15) is 17.6 Å². The maximum absolute atomic E-state index is 12.8. The quantitative estimate of drug-likeness (QED) is 0.863. The van der Waals surface area contributed by atoms with Crippen molar-refractivity contribution in [2.75, 3.05) is 11.1 Å². The normalized spacial score (nSPS) is 11.2. The number of nitrogens with one attached hydrogen (secondary N) is 1. The molecule has 2 rings (SSSR count). The molecule has 0 aliphatic rings. The molecular weight excluding hydrogens is 341 g/mol. The van der Waals surface area contributed by atoms with E-state index >= 15 is 0 Å². The molecule has 23 heavy (non-hydrogen) atoms. The maximum Gasteiger partial charge on any atom is 0.225 e. The summed E-state index contributed by atoms with van der Waals surface area (Å²) in [7, 11) is -3.46. The van der Waals surface area contributed by atoms with Crippen molar-refractivity contribution in [3.05, 3.63) is 64.9 Å². The number of amides is 1. The average molecular weight is 356 g/mol. The van der Waals surface area contributed by atoms with Crippen LogP contribution < -0.4 is 5.32 Å². The van der Waals surface area contributed by atoms with Gasteiger partial charge in [0.15, 0.2) is 9.84 Å². The fraction of sp³-hybridized carbons (Fsp3) is 0.188. The first-order chi connectivity index (χ1) is 10.9. The van der Waals surface area contributed by atoms with Crippen LogP contribution in [0.2, 0.25) is 5.02 Å². The van der Waals surface area contributed by atoms with E-state index < -0.39 is 21.6 Å². The summed E-state index contributed by atoms with van der Waals surface area (Å²) < 4.78 is 36.9. The molecule has 4 nitrogen and oxygen atoms in total. The monoisotopic (exact) mass is 355 g/mol. The summed E-state index contributed by atoms with van der Waals surface area (Å²) in [5, 5.41) is 2.90. The van der Waals surface area contributed by atoms with Crippen LogP contribution in [-0.4, -0.2) is 20.1 Å². The molecule has 0 radical (unpaired) electrons. The van der Waals surface area contributed by atoms with E-state index in [0.717, 1.165) is 0 Å². The second-order valence-electron chi connectivity index (χ2n) is 4.99. The Morgan fingerprint density at radius 2 is 1.74 bits per heavy atom. The topological polar surface area (TPSA) is 63.2 Å². The molecule has 1 amide bonds. The molecule has 2 aromatic carbocycles. The zero-order chi connectivity index (χ0) is 16.9. The van der Waals surface area contributed by atoms with Crippen molar-refractivity contribution < 1.29 is 17.6 Å². The van der Waals surface area contributed by atoms with Crippen molar-refractivity contribution in [2.24, 2.45) is 0 Å². The van der Waals surface area contributed by atoms with Gasteiger partial charge in [0, 0.05) is 17.1 Å². The van der Waals surface area contributed by atoms with E-state index in [1.807, 2.05) is 0 Å². The molecule has 7 heteroatoms. The van der Waals surface area contributed by atoms with Gasteiger partial charge >= 0.3 is 0 Å². The summed E-state index contributed by atoms with van der Waals surface area (Å²) in [6.45, 7) is 0. The van der Waals surface area contributed by atoms with Crippen LogP contribution in [0.15, 0.2) is 48.5 Å². The van der Waals surface area contributed by atoms with Crippen LogP contribution in [0.3, 0.4) is 0 Å². The Balaban J connectivity index is 1.90. The molecule has 2 aromatic rings. The largest absolute Gasteiger partial charge is 0.326 e. The standard InChI is InChI=1S/C16H15ClFNO3S/c17-15-4-2-1-3-12(15)11-23(21,22)10-9-16(20)19-14-7-5-13(18)6-8-14/h1-8H,9-11H2,(H,19,20). The first kappa shape index (κ1) is 17.4. The van der Waals surface area contributed by atoms with Crippen molar-refractivity contribution in [1.82, 2.24) is 0 Å². The van der Waals surface area contributed by atoms with Gasteiger partial charge in [-0.3, -0.25) is 4.79 Å². The van der Waals surface area contributed by atoms with Gasteiger partial charge in [-0.2, -0.15) is 0 Å². The highest BCUT2D eigenvalue weighted by Crippen LogP contribution is 2.18. The molecule has 0 unspecified atom stereocenters. The van der Waals surface area contributed by atoms with Gasteiger partial charge in [-0.15, -0.1) is 0 Å². The first-order valence-electron chi connectivity index (χ1n) is 6.85. The van der Waals surface area contributed by atoms with Gasteiger partial charge in [0.1, 0.15) is 5.82 Å². The summed E-state index contributed by atoms with van der Waals surface area (Å²) in [6, 6.07) is 11.9. The Morgan fingerprint density at radius 3 is 2.39 bits per heavy atom. The predicted molar refractivity (Wildman–Crippen MR) is 88.6 cm³/mol. The van der Waals surface area contributed by atoms with E-state index in [2.05, 4.69) is 5.32 Å². The molecule has 0 saturated carbocycles. The fourth-order valence-electron chi connectivity index (χ4n) is 1.93. The number of sulfone groups is 1. The lowest BCUT2D eigenvalue weighted by Crippen LogP contribution is -2.18. The van der Waals surface area contributed by atoms with E-state index in [1.165, 1.54) is 24.3 Å². The van der Waals surface area contributed by atoms with Gasteiger partial charge in [-0.25, -0.2) is 12.8 Å². The van der Waals surface area contributed by atoms with Crippen molar-refractivity contribution in [3.8, 4) is 0 Å². The highest BCUT2D eigenvalue weighted by molar-refractivity contribution is 7.90. The molecule has 0 heterocycles. The number of hydrogen-bond donors (Lipinski definition) is 1. The fourth-order valence-corrected chi connectivity index (χ4v) is 3.58. The Bertz CT molecular complexity index is 791. The summed E-state index contributed by atoms with van der Waals surface area (Å²) in [5.41, 5.74) is 0.924. The van der Waals surface area contributed by atoms with Crippen LogP contribution in [0.1, 0.15) is 12.0 Å². The minimum Gasteiger partial charge on any atom is -0.326 e. The van der Waals surface area contributed by atoms with Gasteiger partial charge < -0.3 is 5.32 Å². The average Bonchev–Trinajstić information content (AvgIpc) is 2.50. The molecule has 0 fully saturated rings. The van der Waals surface area contributed by atoms with Crippen molar-refractivity contribution >= 4 is 33.0 Å². The van der Waals surface area contributed by atoms with Crippen LogP contribution in [0, 0.1) is 5.82 Å². The van der Waals surface area contributed by atoms with Crippen molar-refractivity contribution in [3.63, 3.8) is 0 Å². The third kappa shape index (κ3) is 5.65. The van der Waals surface area contributed by atoms with Gasteiger partial charge in [-0.05, 0) is 35.9 Å². The Morgan fingerprint density at radius 1 is 1.09 bits per heavy atom. The smallest absolute Gasteiger partial charge is 0.225 e. The number of anilines is 1. The number of rotatable bonds is 6. The summed E-state index contributed by atoms with van der Waals surface area (Å²) >= 11 is 5.94.